The predicted molar refractivity (Wildman–Crippen MR) is 79.4 cm³/mol. The van der Waals surface area contributed by atoms with Crippen LogP contribution in [0, 0.1) is 0 Å². The molecule has 2 aromatic heterocycles. The summed E-state index contributed by atoms with van der Waals surface area (Å²) in [6.07, 6.45) is 2.85. The summed E-state index contributed by atoms with van der Waals surface area (Å²) in [6.45, 7) is 0. The molecule has 0 saturated carbocycles. The average Bonchev–Trinajstić information content (AvgIpc) is 2.97. The highest BCUT2D eigenvalue weighted by Crippen LogP contribution is 2.21. The number of benzene rings is 1. The molecule has 1 aromatic carbocycles. The smallest absolute Gasteiger partial charge is 0.0794 e. The molecule has 0 aliphatic carbocycles. The van der Waals surface area contributed by atoms with E-state index in [1.807, 2.05) is 30.9 Å². The Hall–Kier alpha value is -1.78. The van der Waals surface area contributed by atoms with Crippen molar-refractivity contribution in [2.45, 2.75) is 12.5 Å². The zero-order valence-electron chi connectivity index (χ0n) is 10.7. The van der Waals surface area contributed by atoms with Crippen LogP contribution in [0.15, 0.2) is 48.1 Å². The molecule has 2 heterocycles. The van der Waals surface area contributed by atoms with E-state index >= 15 is 0 Å². The van der Waals surface area contributed by atoms with Gasteiger partial charge in [0.2, 0.25) is 0 Å². The summed E-state index contributed by atoms with van der Waals surface area (Å²) in [5.74, 6) is 0. The van der Waals surface area contributed by atoms with Gasteiger partial charge in [0.15, 0.2) is 0 Å². The van der Waals surface area contributed by atoms with Crippen molar-refractivity contribution in [3.05, 3.63) is 58.7 Å². The van der Waals surface area contributed by atoms with Gasteiger partial charge in [-0.15, -0.1) is 11.3 Å². The number of rotatable bonds is 4. The highest BCUT2D eigenvalue weighted by molar-refractivity contribution is 7.09. The van der Waals surface area contributed by atoms with Crippen molar-refractivity contribution in [1.29, 1.82) is 0 Å². The van der Waals surface area contributed by atoms with Gasteiger partial charge in [-0.2, -0.15) is 0 Å². The van der Waals surface area contributed by atoms with E-state index in [2.05, 4.69) is 34.6 Å². The maximum absolute atomic E-state index is 4.75. The molecule has 96 valence electrons. The summed E-state index contributed by atoms with van der Waals surface area (Å²) in [5, 5.41) is 4.52. The van der Waals surface area contributed by atoms with Crippen LogP contribution in [0.1, 0.15) is 16.6 Å². The molecule has 0 saturated heterocycles. The van der Waals surface area contributed by atoms with Gasteiger partial charge < -0.3 is 5.32 Å². The van der Waals surface area contributed by atoms with Crippen LogP contribution in [-0.2, 0) is 6.42 Å². The van der Waals surface area contributed by atoms with Crippen LogP contribution in [-0.4, -0.2) is 17.0 Å². The van der Waals surface area contributed by atoms with Gasteiger partial charge in [-0.1, -0.05) is 24.3 Å². The number of thiazole rings is 1. The van der Waals surface area contributed by atoms with Crippen molar-refractivity contribution in [1.82, 2.24) is 15.3 Å². The lowest BCUT2D eigenvalue weighted by Crippen LogP contribution is -2.19. The first-order valence-corrected chi connectivity index (χ1v) is 7.15. The van der Waals surface area contributed by atoms with E-state index in [1.165, 1.54) is 10.3 Å². The summed E-state index contributed by atoms with van der Waals surface area (Å²) < 4.78 is 0. The Labute approximate surface area is 116 Å². The van der Waals surface area contributed by atoms with Crippen LogP contribution >= 0.6 is 11.3 Å². The second-order valence-electron chi connectivity index (χ2n) is 4.44. The molecule has 0 spiro atoms. The molecule has 0 aliphatic heterocycles. The summed E-state index contributed by atoms with van der Waals surface area (Å²) in [5.41, 5.74) is 4.00. The van der Waals surface area contributed by atoms with E-state index in [1.54, 1.807) is 11.3 Å². The molecule has 0 amide bonds. The first-order valence-electron chi connectivity index (χ1n) is 6.27. The number of aromatic nitrogens is 2. The van der Waals surface area contributed by atoms with Crippen LogP contribution in [0.2, 0.25) is 0 Å². The number of para-hydroxylation sites is 1. The quantitative estimate of drug-likeness (QED) is 0.790. The normalized spacial score (nSPS) is 12.7. The SMILES string of the molecule is CNC(Cc1cncs1)c1ccc2ccccc2n1. The number of nitrogens with zero attached hydrogens (tertiary/aromatic N) is 2. The number of nitrogens with one attached hydrogen (secondary N) is 1. The molecular weight excluding hydrogens is 254 g/mol. The number of pyridine rings is 1. The minimum atomic E-state index is 0.227. The van der Waals surface area contributed by atoms with E-state index in [4.69, 9.17) is 4.98 Å². The van der Waals surface area contributed by atoms with Gasteiger partial charge in [0.1, 0.15) is 0 Å². The second-order valence-corrected chi connectivity index (χ2v) is 5.41. The summed E-state index contributed by atoms with van der Waals surface area (Å²) >= 11 is 1.69. The lowest BCUT2D eigenvalue weighted by atomic mass is 10.1. The molecule has 1 unspecified atom stereocenters. The van der Waals surface area contributed by atoms with Gasteiger partial charge in [-0.05, 0) is 19.2 Å². The fourth-order valence-electron chi connectivity index (χ4n) is 2.17. The molecule has 4 heteroatoms. The van der Waals surface area contributed by atoms with Gasteiger partial charge in [-0.25, -0.2) is 0 Å². The third-order valence-corrected chi connectivity index (χ3v) is 4.02. The highest BCUT2D eigenvalue weighted by atomic mass is 32.1. The van der Waals surface area contributed by atoms with Crippen molar-refractivity contribution in [2.24, 2.45) is 0 Å². The Morgan fingerprint density at radius 3 is 2.89 bits per heavy atom. The molecule has 1 N–H and O–H groups in total. The van der Waals surface area contributed by atoms with E-state index in [0.717, 1.165) is 17.6 Å². The molecule has 0 radical (unpaired) electrons. The summed E-state index contributed by atoms with van der Waals surface area (Å²) in [7, 11) is 1.97. The Morgan fingerprint density at radius 2 is 2.11 bits per heavy atom. The molecule has 19 heavy (non-hydrogen) atoms. The fraction of sp³-hybridized carbons (Fsp3) is 0.200. The van der Waals surface area contributed by atoms with Gasteiger partial charge in [-0.3, -0.25) is 9.97 Å². The van der Waals surface area contributed by atoms with Crippen molar-refractivity contribution in [3.8, 4) is 0 Å². The van der Waals surface area contributed by atoms with E-state index < -0.39 is 0 Å². The summed E-state index contributed by atoms with van der Waals surface area (Å²) in [4.78, 5) is 10.1. The third-order valence-electron chi connectivity index (χ3n) is 3.21. The maximum Gasteiger partial charge on any atom is 0.0794 e. The van der Waals surface area contributed by atoms with Gasteiger partial charge >= 0.3 is 0 Å². The molecule has 0 aliphatic rings. The van der Waals surface area contributed by atoms with Crippen molar-refractivity contribution in [2.75, 3.05) is 7.05 Å². The number of fused-ring (bicyclic) bond motifs is 1. The minimum Gasteiger partial charge on any atom is -0.311 e. The largest absolute Gasteiger partial charge is 0.311 e. The molecule has 3 nitrogen and oxygen atoms in total. The maximum atomic E-state index is 4.75. The Morgan fingerprint density at radius 1 is 1.21 bits per heavy atom. The van der Waals surface area contributed by atoms with Gasteiger partial charge in [0.25, 0.3) is 0 Å². The minimum absolute atomic E-state index is 0.227. The summed E-state index contributed by atoms with van der Waals surface area (Å²) in [6, 6.07) is 12.7. The van der Waals surface area contributed by atoms with Crippen molar-refractivity contribution >= 4 is 22.2 Å². The number of likely N-dealkylation sites (N-methyl/N-ethyl adjacent to an activating group) is 1. The molecule has 3 aromatic rings. The highest BCUT2D eigenvalue weighted by Gasteiger charge is 2.12. The van der Waals surface area contributed by atoms with E-state index in [9.17, 15) is 0 Å². The lowest BCUT2D eigenvalue weighted by molar-refractivity contribution is 0.582. The zero-order valence-corrected chi connectivity index (χ0v) is 11.5. The molecule has 0 fully saturated rings. The Balaban J connectivity index is 1.92. The van der Waals surface area contributed by atoms with Crippen LogP contribution in [0.3, 0.4) is 0 Å². The Bertz CT molecular complexity index is 664. The molecular formula is C15H15N3S. The monoisotopic (exact) mass is 269 g/mol. The zero-order chi connectivity index (χ0) is 13.1. The van der Waals surface area contributed by atoms with Crippen LogP contribution in [0.5, 0.6) is 0 Å². The van der Waals surface area contributed by atoms with Crippen LogP contribution in [0.25, 0.3) is 10.9 Å². The molecule has 1 atom stereocenters. The van der Waals surface area contributed by atoms with Crippen molar-refractivity contribution < 1.29 is 0 Å². The second kappa shape index (κ2) is 5.47. The molecule has 3 rings (SSSR count). The van der Waals surface area contributed by atoms with Gasteiger partial charge in [0.05, 0.1) is 22.8 Å². The van der Waals surface area contributed by atoms with E-state index in [-0.39, 0.29) is 6.04 Å². The van der Waals surface area contributed by atoms with Gasteiger partial charge in [0, 0.05) is 22.9 Å². The standard InChI is InChI=1S/C15H15N3S/c1-16-15(8-12-9-17-10-19-12)14-7-6-11-4-2-3-5-13(11)18-14/h2-7,9-10,15-16H,8H2,1H3. The first kappa shape index (κ1) is 12.3. The average molecular weight is 269 g/mol. The molecule has 0 bridgehead atoms. The Kier molecular flexibility index (Phi) is 3.53. The van der Waals surface area contributed by atoms with Crippen LogP contribution in [0.4, 0.5) is 0 Å². The van der Waals surface area contributed by atoms with Crippen molar-refractivity contribution in [3.63, 3.8) is 0 Å². The predicted octanol–water partition coefficient (Wildman–Crippen LogP) is 3.19. The van der Waals surface area contributed by atoms with E-state index in [0.29, 0.717) is 0 Å². The topological polar surface area (TPSA) is 37.8 Å². The number of hydrogen-bond donors (Lipinski definition) is 1. The number of hydrogen-bond acceptors (Lipinski definition) is 4. The lowest BCUT2D eigenvalue weighted by Gasteiger charge is -2.15. The van der Waals surface area contributed by atoms with Crippen LogP contribution < -0.4 is 5.32 Å². The third kappa shape index (κ3) is 2.64. The first-order chi connectivity index (χ1) is 9.36. The fourth-order valence-corrected chi connectivity index (χ4v) is 2.82.